The number of rotatable bonds is 25. The number of amides is 3. The van der Waals surface area contributed by atoms with Crippen LogP contribution >= 0.6 is 0 Å². The molecule has 70 heavy (non-hydrogen) atoms. The van der Waals surface area contributed by atoms with E-state index in [1.807, 2.05) is 59.7 Å². The Morgan fingerprint density at radius 1 is 0.786 bits per heavy atom. The van der Waals surface area contributed by atoms with Crippen LogP contribution in [0.2, 0.25) is 0 Å². The number of aryl methyl sites for hydroxylation is 4. The van der Waals surface area contributed by atoms with Crippen LogP contribution < -0.4 is 32.0 Å². The molecule has 22 nitrogen and oxygen atoms in total. The molecule has 0 spiro atoms. The van der Waals surface area contributed by atoms with Gasteiger partial charge in [-0.15, -0.1) is 0 Å². The largest absolute Gasteiger partial charge is 0.491 e. The number of nitrogens with two attached hydrogens (primary N) is 3. The molecule has 3 amide bonds. The lowest BCUT2D eigenvalue weighted by atomic mass is 10.1. The molecule has 0 radical (unpaired) electrons. The van der Waals surface area contributed by atoms with Crippen molar-refractivity contribution in [3.05, 3.63) is 88.8 Å². The number of benzene rings is 2. The highest BCUT2D eigenvalue weighted by atomic mass is 16.5. The van der Waals surface area contributed by atoms with Gasteiger partial charge in [-0.05, 0) is 70.5 Å². The summed E-state index contributed by atoms with van der Waals surface area (Å²) in [5, 5.41) is 22.0. The third-order valence-corrected chi connectivity index (χ3v) is 11.5. The average molecular weight is 960 g/mol. The number of aromatic nitrogens is 9. The third-order valence-electron chi connectivity index (χ3n) is 11.5. The fourth-order valence-electron chi connectivity index (χ4n) is 8.22. The first-order chi connectivity index (χ1) is 33.6. The molecule has 5 aromatic heterocycles. The number of hydrogen-bond acceptors (Lipinski definition) is 14. The molecule has 22 heteroatoms. The number of carboxylic acid groups (broad SMARTS) is 1. The second kappa shape index (κ2) is 22.0. The predicted octanol–water partition coefficient (Wildman–Crippen LogP) is 3.63. The Bertz CT molecular complexity index is 3140. The maximum Gasteiger partial charge on any atom is 0.305 e. The lowest BCUT2D eigenvalue weighted by Gasteiger charge is -2.14. The number of imidazole rings is 1. The minimum absolute atomic E-state index is 0.0551. The smallest absolute Gasteiger partial charge is 0.305 e. The molecule has 5 heterocycles. The van der Waals surface area contributed by atoms with Gasteiger partial charge in [0, 0.05) is 81.0 Å². The van der Waals surface area contributed by atoms with Crippen LogP contribution in [0, 0.1) is 13.8 Å². The standard InChI is InChI=1S/C48H57N13O9/c1-6-60-35(18-27(3)56-60)37(62)25-40-54-34-21-30(45(51)66)23-39(69-16-10-12-52-48(67)33(49)24-41(63)64)43(34)58(40)13-8-9-14-59-42-31(20-29(44(50)65)22-38(42)70-17-11-15-68-5)32-26-53-46(55-47(32)59)36-19-28(4)57-61(36)7-2/h8-9,18-23,26,33H,6-7,10-17,24-25,49H2,1-5H3,(H2,50,65)(H2,51,66)(H,52,67)(H,63,64)/b9-8+/t33-/m0/s1. The molecule has 0 fully saturated rings. The minimum atomic E-state index is -1.22. The molecular formula is C48H57N13O9. The van der Waals surface area contributed by atoms with E-state index in [2.05, 4.69) is 15.5 Å². The van der Waals surface area contributed by atoms with Gasteiger partial charge < -0.3 is 51.0 Å². The van der Waals surface area contributed by atoms with Gasteiger partial charge in [0.25, 0.3) is 0 Å². The zero-order valence-corrected chi connectivity index (χ0v) is 39.7. The predicted molar refractivity (Wildman–Crippen MR) is 259 cm³/mol. The number of nitrogens with one attached hydrogen (secondary N) is 1. The fourth-order valence-corrected chi connectivity index (χ4v) is 8.22. The Kier molecular flexibility index (Phi) is 15.7. The van der Waals surface area contributed by atoms with Gasteiger partial charge in [-0.1, -0.05) is 12.2 Å². The lowest BCUT2D eigenvalue weighted by Crippen LogP contribution is -2.42. The first-order valence-electron chi connectivity index (χ1n) is 22.8. The number of methoxy groups -OCH3 is 1. The van der Waals surface area contributed by atoms with Crippen LogP contribution in [0.15, 0.2) is 54.7 Å². The number of Topliss-reactive ketones (excluding diaryl/α,β-unsaturated/α-hetero) is 1. The number of carboxylic acids is 1. The second-order valence-electron chi connectivity index (χ2n) is 16.6. The van der Waals surface area contributed by atoms with E-state index in [9.17, 15) is 24.0 Å². The van der Waals surface area contributed by atoms with Crippen LogP contribution in [0.25, 0.3) is 44.5 Å². The van der Waals surface area contributed by atoms with Gasteiger partial charge in [0.2, 0.25) is 17.7 Å². The number of nitrogens with zero attached hydrogens (tertiary/aromatic N) is 9. The van der Waals surface area contributed by atoms with E-state index < -0.39 is 36.2 Å². The summed E-state index contributed by atoms with van der Waals surface area (Å²) >= 11 is 0. The van der Waals surface area contributed by atoms with Crippen LogP contribution in [-0.2, 0) is 46.9 Å². The summed E-state index contributed by atoms with van der Waals surface area (Å²) in [5.74, 6) is -1.90. The normalized spacial score (nSPS) is 12.1. The van der Waals surface area contributed by atoms with Crippen molar-refractivity contribution in [3.8, 4) is 23.0 Å². The van der Waals surface area contributed by atoms with Crippen molar-refractivity contribution >= 4 is 62.4 Å². The Balaban J connectivity index is 1.29. The van der Waals surface area contributed by atoms with Gasteiger partial charge in [0.1, 0.15) is 39.9 Å². The average Bonchev–Trinajstić information content (AvgIpc) is 4.09. The molecular weight excluding hydrogens is 903 g/mol. The van der Waals surface area contributed by atoms with Crippen molar-refractivity contribution in [2.45, 2.75) is 85.6 Å². The molecule has 0 saturated carbocycles. The van der Waals surface area contributed by atoms with Gasteiger partial charge >= 0.3 is 5.97 Å². The molecule has 0 saturated heterocycles. The zero-order valence-electron chi connectivity index (χ0n) is 39.7. The SMILES string of the molecule is CCn1nc(C)cc1C(=O)Cc1nc2cc(C(N)=O)cc(OCCCNC(=O)[C@@H](N)CC(=O)O)c2n1C/C=C/Cn1c2nc(-c3cc(C)nn3CC)ncc2c2cc(C(N)=O)cc(OCCCOC)c21. The topological polar surface area (TPSA) is 308 Å². The van der Waals surface area contributed by atoms with Gasteiger partial charge in [0.05, 0.1) is 54.5 Å². The Morgan fingerprint density at radius 3 is 2.10 bits per heavy atom. The molecule has 1 atom stereocenters. The molecule has 7 rings (SSSR count). The number of allylic oxidation sites excluding steroid dienone is 2. The molecule has 0 bridgehead atoms. The van der Waals surface area contributed by atoms with Crippen molar-refractivity contribution in [2.24, 2.45) is 17.2 Å². The van der Waals surface area contributed by atoms with Gasteiger partial charge in [-0.3, -0.25) is 33.3 Å². The third kappa shape index (κ3) is 11.0. The quantitative estimate of drug-likeness (QED) is 0.0310. The summed E-state index contributed by atoms with van der Waals surface area (Å²) in [6, 6.07) is 8.81. The summed E-state index contributed by atoms with van der Waals surface area (Å²) in [6.07, 6.45) is 5.78. The summed E-state index contributed by atoms with van der Waals surface area (Å²) in [6.45, 7) is 10.0. The van der Waals surface area contributed by atoms with E-state index in [0.29, 0.717) is 94.5 Å². The molecule has 7 aromatic rings. The molecule has 0 aliphatic carbocycles. The fraction of sp³-hybridized carbons (Fsp3) is 0.375. The van der Waals surface area contributed by atoms with E-state index in [1.54, 1.807) is 42.3 Å². The summed E-state index contributed by atoms with van der Waals surface area (Å²) in [4.78, 5) is 77.5. The van der Waals surface area contributed by atoms with Crippen LogP contribution in [0.1, 0.15) is 81.5 Å². The lowest BCUT2D eigenvalue weighted by molar-refractivity contribution is -0.139. The molecule has 2 aromatic carbocycles. The first kappa shape index (κ1) is 49.9. The van der Waals surface area contributed by atoms with Crippen molar-refractivity contribution in [1.82, 2.24) is 49.0 Å². The summed E-state index contributed by atoms with van der Waals surface area (Å²) in [5.41, 5.74) is 22.4. The van der Waals surface area contributed by atoms with Crippen LogP contribution in [-0.4, -0.2) is 118 Å². The van der Waals surface area contributed by atoms with E-state index in [-0.39, 0.29) is 61.7 Å². The van der Waals surface area contributed by atoms with E-state index in [0.717, 1.165) is 11.4 Å². The monoisotopic (exact) mass is 959 g/mol. The zero-order chi connectivity index (χ0) is 50.2. The highest BCUT2D eigenvalue weighted by Crippen LogP contribution is 2.37. The summed E-state index contributed by atoms with van der Waals surface area (Å²) < 4.78 is 25.1. The van der Waals surface area contributed by atoms with E-state index in [4.69, 9.17) is 51.5 Å². The number of ketones is 1. The highest BCUT2D eigenvalue weighted by Gasteiger charge is 2.24. The highest BCUT2D eigenvalue weighted by molar-refractivity contribution is 6.12. The van der Waals surface area contributed by atoms with Gasteiger partial charge in [0.15, 0.2) is 11.6 Å². The van der Waals surface area contributed by atoms with Crippen molar-refractivity contribution in [2.75, 3.05) is 33.5 Å². The van der Waals surface area contributed by atoms with Crippen molar-refractivity contribution in [1.29, 1.82) is 0 Å². The Hall–Kier alpha value is -7.98. The number of aliphatic carboxylic acids is 1. The number of ether oxygens (including phenoxy) is 3. The Morgan fingerprint density at radius 2 is 1.43 bits per heavy atom. The first-order valence-corrected chi connectivity index (χ1v) is 22.8. The summed E-state index contributed by atoms with van der Waals surface area (Å²) in [7, 11) is 1.61. The number of primary amides is 2. The van der Waals surface area contributed by atoms with Crippen LogP contribution in [0.5, 0.6) is 11.5 Å². The maximum atomic E-state index is 14.0. The van der Waals surface area contributed by atoms with E-state index in [1.165, 1.54) is 6.07 Å². The number of carbonyl (C=O) groups excluding carboxylic acids is 4. The molecule has 368 valence electrons. The molecule has 0 aliphatic rings. The van der Waals surface area contributed by atoms with Gasteiger partial charge in [-0.25, -0.2) is 15.0 Å². The van der Waals surface area contributed by atoms with Gasteiger partial charge in [-0.2, -0.15) is 10.2 Å². The van der Waals surface area contributed by atoms with E-state index >= 15 is 0 Å². The molecule has 8 N–H and O–H groups in total. The minimum Gasteiger partial charge on any atom is -0.491 e. The Labute approximate surface area is 401 Å². The number of fused-ring (bicyclic) bond motifs is 4. The van der Waals surface area contributed by atoms with Crippen molar-refractivity contribution < 1.29 is 43.3 Å². The number of hydrogen-bond donors (Lipinski definition) is 5. The van der Waals surface area contributed by atoms with Crippen LogP contribution in [0.3, 0.4) is 0 Å². The van der Waals surface area contributed by atoms with Crippen molar-refractivity contribution in [3.63, 3.8) is 0 Å². The molecule has 0 unspecified atom stereocenters. The maximum absolute atomic E-state index is 14.0. The number of carbonyl (C=O) groups is 5. The molecule has 0 aliphatic heterocycles. The second-order valence-corrected chi connectivity index (χ2v) is 16.6. The van der Waals surface area contributed by atoms with Crippen LogP contribution in [0.4, 0.5) is 0 Å².